The zero-order valence-electron chi connectivity index (χ0n) is 16.1. The van der Waals surface area contributed by atoms with Crippen molar-refractivity contribution in [1.82, 2.24) is 25.1 Å². The fraction of sp³-hybridized carbons (Fsp3) is 0.364. The van der Waals surface area contributed by atoms with Gasteiger partial charge in [-0.2, -0.15) is 5.10 Å². The molecule has 1 N–H and O–H groups in total. The first-order chi connectivity index (χ1) is 13.7. The van der Waals surface area contributed by atoms with Gasteiger partial charge in [0.25, 0.3) is 0 Å². The van der Waals surface area contributed by atoms with Crippen molar-refractivity contribution < 1.29 is 4.79 Å². The van der Waals surface area contributed by atoms with Crippen LogP contribution in [0, 0.1) is 12.8 Å². The van der Waals surface area contributed by atoms with Crippen LogP contribution in [0.4, 0.5) is 0 Å². The third-order valence-electron chi connectivity index (χ3n) is 5.36. The summed E-state index contributed by atoms with van der Waals surface area (Å²) < 4.78 is 0. The molecule has 1 aliphatic heterocycles. The number of H-pyrrole nitrogens is 1. The predicted molar refractivity (Wildman–Crippen MR) is 108 cm³/mol. The van der Waals surface area contributed by atoms with E-state index in [1.165, 1.54) is 5.56 Å². The van der Waals surface area contributed by atoms with Gasteiger partial charge < -0.3 is 4.90 Å². The van der Waals surface area contributed by atoms with E-state index >= 15 is 0 Å². The van der Waals surface area contributed by atoms with Gasteiger partial charge in [-0.3, -0.25) is 14.9 Å². The first-order valence-electron chi connectivity index (χ1n) is 9.82. The number of nitrogens with zero attached hydrogens (tertiary/aromatic N) is 4. The molecule has 1 aromatic carbocycles. The van der Waals surface area contributed by atoms with Gasteiger partial charge in [-0.1, -0.05) is 29.8 Å². The number of likely N-dealkylation sites (tertiary alicyclic amines) is 1. The van der Waals surface area contributed by atoms with Gasteiger partial charge in [0.2, 0.25) is 5.91 Å². The van der Waals surface area contributed by atoms with Crippen molar-refractivity contribution in [2.45, 2.75) is 32.6 Å². The normalized spacial score (nSPS) is 15.0. The van der Waals surface area contributed by atoms with Crippen molar-refractivity contribution in [2.24, 2.45) is 5.92 Å². The maximum Gasteiger partial charge on any atom is 0.226 e. The second-order valence-electron chi connectivity index (χ2n) is 7.54. The van der Waals surface area contributed by atoms with Gasteiger partial charge in [-0.25, -0.2) is 4.98 Å². The summed E-state index contributed by atoms with van der Waals surface area (Å²) in [6, 6.07) is 12.0. The molecule has 0 radical (unpaired) electrons. The molecule has 1 amide bonds. The molecule has 6 nitrogen and oxygen atoms in total. The summed E-state index contributed by atoms with van der Waals surface area (Å²) in [4.78, 5) is 23.2. The van der Waals surface area contributed by atoms with Gasteiger partial charge in [0.1, 0.15) is 5.82 Å². The number of carbonyl (C=O) groups excluding carboxylic acids is 1. The molecule has 28 heavy (non-hydrogen) atoms. The van der Waals surface area contributed by atoms with E-state index in [4.69, 9.17) is 0 Å². The molecule has 0 spiro atoms. The molecule has 6 heteroatoms. The molecule has 1 fully saturated rings. The lowest BCUT2D eigenvalue weighted by Crippen LogP contribution is -2.39. The number of benzene rings is 1. The van der Waals surface area contributed by atoms with Crippen LogP contribution in [0.5, 0.6) is 0 Å². The third kappa shape index (κ3) is 4.44. The fourth-order valence-corrected chi connectivity index (χ4v) is 3.79. The number of aromatic nitrogens is 4. The molecule has 0 aliphatic carbocycles. The number of aromatic amines is 1. The monoisotopic (exact) mass is 375 g/mol. The fourth-order valence-electron chi connectivity index (χ4n) is 3.79. The topological polar surface area (TPSA) is 74.8 Å². The lowest BCUT2D eigenvalue weighted by Gasteiger charge is -2.31. The van der Waals surface area contributed by atoms with E-state index in [1.807, 2.05) is 29.2 Å². The minimum absolute atomic E-state index is 0.226. The first kappa shape index (κ1) is 18.3. The molecule has 3 aromatic rings. The largest absolute Gasteiger partial charge is 0.342 e. The van der Waals surface area contributed by atoms with Crippen molar-refractivity contribution in [2.75, 3.05) is 13.1 Å². The van der Waals surface area contributed by atoms with Gasteiger partial charge in [-0.15, -0.1) is 0 Å². The van der Waals surface area contributed by atoms with Crippen LogP contribution in [-0.2, 0) is 17.6 Å². The first-order valence-corrected chi connectivity index (χ1v) is 9.82. The maximum absolute atomic E-state index is 12.6. The molecule has 3 heterocycles. The van der Waals surface area contributed by atoms with Crippen molar-refractivity contribution in [3.05, 3.63) is 65.7 Å². The summed E-state index contributed by atoms with van der Waals surface area (Å²) in [5, 5.41) is 7.38. The van der Waals surface area contributed by atoms with Crippen LogP contribution in [0.15, 0.2) is 48.8 Å². The van der Waals surface area contributed by atoms with Crippen LogP contribution < -0.4 is 0 Å². The summed E-state index contributed by atoms with van der Waals surface area (Å²) in [6.07, 6.45) is 6.86. The number of hydrogen-bond acceptors (Lipinski definition) is 4. The van der Waals surface area contributed by atoms with E-state index < -0.39 is 0 Å². The number of hydrogen-bond donors (Lipinski definition) is 1. The Morgan fingerprint density at radius 2 is 1.96 bits per heavy atom. The summed E-state index contributed by atoms with van der Waals surface area (Å²) in [6.45, 7) is 3.70. The molecule has 2 aromatic heterocycles. The van der Waals surface area contributed by atoms with E-state index in [2.05, 4.69) is 39.2 Å². The van der Waals surface area contributed by atoms with Gasteiger partial charge in [0.15, 0.2) is 5.82 Å². The summed E-state index contributed by atoms with van der Waals surface area (Å²) in [7, 11) is 0. The number of nitrogens with one attached hydrogen (secondary N) is 1. The molecule has 0 bridgehead atoms. The lowest BCUT2D eigenvalue weighted by molar-refractivity contribution is -0.131. The van der Waals surface area contributed by atoms with Crippen molar-refractivity contribution in [3.63, 3.8) is 0 Å². The number of piperidine rings is 1. The average molecular weight is 375 g/mol. The standard InChI is InChI=1S/C22H25N5O/c1-16-3-2-4-18(13-16)15-21(28)27-11-7-17(8-12-27)14-20-24-22(26-25-20)19-5-9-23-10-6-19/h2-6,9-10,13,17H,7-8,11-12,14-15H2,1H3,(H,24,25,26). The molecular weight excluding hydrogens is 350 g/mol. The molecule has 0 unspecified atom stereocenters. The molecule has 4 rings (SSSR count). The smallest absolute Gasteiger partial charge is 0.226 e. The van der Waals surface area contributed by atoms with Gasteiger partial charge in [-0.05, 0) is 43.4 Å². The van der Waals surface area contributed by atoms with Crippen LogP contribution in [0.2, 0.25) is 0 Å². The van der Waals surface area contributed by atoms with Crippen LogP contribution in [0.3, 0.4) is 0 Å². The van der Waals surface area contributed by atoms with Crippen LogP contribution in [-0.4, -0.2) is 44.1 Å². The highest BCUT2D eigenvalue weighted by molar-refractivity contribution is 5.78. The zero-order valence-corrected chi connectivity index (χ0v) is 16.1. The highest BCUT2D eigenvalue weighted by Crippen LogP contribution is 2.22. The Balaban J connectivity index is 1.28. The van der Waals surface area contributed by atoms with E-state index in [0.717, 1.165) is 49.3 Å². The van der Waals surface area contributed by atoms with Gasteiger partial charge in [0, 0.05) is 37.5 Å². The Labute approximate surface area is 165 Å². The Morgan fingerprint density at radius 3 is 2.71 bits per heavy atom. The van der Waals surface area contributed by atoms with Crippen LogP contribution in [0.25, 0.3) is 11.4 Å². The van der Waals surface area contributed by atoms with E-state index in [-0.39, 0.29) is 5.91 Å². The SMILES string of the molecule is Cc1cccc(CC(=O)N2CCC(Cc3nc(-c4ccncc4)n[nH]3)CC2)c1. The minimum Gasteiger partial charge on any atom is -0.342 e. The molecule has 1 saturated heterocycles. The predicted octanol–water partition coefficient (Wildman–Crippen LogP) is 3.20. The van der Waals surface area contributed by atoms with Crippen LogP contribution in [0.1, 0.15) is 29.8 Å². The van der Waals surface area contributed by atoms with E-state index in [1.54, 1.807) is 12.4 Å². The number of aryl methyl sites for hydroxylation is 1. The average Bonchev–Trinajstić information content (AvgIpc) is 3.18. The number of pyridine rings is 1. The van der Waals surface area contributed by atoms with Crippen molar-refractivity contribution in [3.8, 4) is 11.4 Å². The highest BCUT2D eigenvalue weighted by Gasteiger charge is 2.24. The Kier molecular flexibility index (Phi) is 5.46. The minimum atomic E-state index is 0.226. The van der Waals surface area contributed by atoms with Crippen molar-refractivity contribution in [1.29, 1.82) is 0 Å². The highest BCUT2D eigenvalue weighted by atomic mass is 16.2. The van der Waals surface area contributed by atoms with E-state index in [0.29, 0.717) is 18.2 Å². The summed E-state index contributed by atoms with van der Waals surface area (Å²) >= 11 is 0. The zero-order chi connectivity index (χ0) is 19.3. The van der Waals surface area contributed by atoms with Crippen LogP contribution >= 0.6 is 0 Å². The van der Waals surface area contributed by atoms with Gasteiger partial charge >= 0.3 is 0 Å². The molecule has 1 aliphatic rings. The maximum atomic E-state index is 12.6. The van der Waals surface area contributed by atoms with Gasteiger partial charge in [0.05, 0.1) is 6.42 Å². The van der Waals surface area contributed by atoms with Crippen molar-refractivity contribution >= 4 is 5.91 Å². The second kappa shape index (κ2) is 8.33. The Morgan fingerprint density at radius 1 is 1.18 bits per heavy atom. The molecule has 0 atom stereocenters. The Bertz CT molecular complexity index is 929. The Hall–Kier alpha value is -3.02. The summed E-state index contributed by atoms with van der Waals surface area (Å²) in [5.74, 6) is 2.38. The number of carbonyl (C=O) groups is 1. The molecule has 0 saturated carbocycles. The van der Waals surface area contributed by atoms with E-state index in [9.17, 15) is 4.79 Å². The third-order valence-corrected chi connectivity index (χ3v) is 5.36. The summed E-state index contributed by atoms with van der Waals surface area (Å²) in [5.41, 5.74) is 3.26. The molecular formula is C22H25N5O. The molecule has 144 valence electrons. The number of amides is 1. The second-order valence-corrected chi connectivity index (χ2v) is 7.54. The lowest BCUT2D eigenvalue weighted by atomic mass is 9.93. The quantitative estimate of drug-likeness (QED) is 0.743. The number of rotatable bonds is 5.